The van der Waals surface area contributed by atoms with Gasteiger partial charge >= 0.3 is 0 Å². The third-order valence-corrected chi connectivity index (χ3v) is 4.68. The molecule has 0 aliphatic carbocycles. The second-order valence-corrected chi connectivity index (χ2v) is 6.50. The smallest absolute Gasteiger partial charge is 0.254 e. The van der Waals surface area contributed by atoms with Crippen LogP contribution in [-0.2, 0) is 0 Å². The van der Waals surface area contributed by atoms with Crippen molar-refractivity contribution in [1.82, 2.24) is 10.2 Å². The monoisotopic (exact) mass is 354 g/mol. The van der Waals surface area contributed by atoms with Crippen LogP contribution in [0.15, 0.2) is 12.1 Å². The van der Waals surface area contributed by atoms with Crippen molar-refractivity contribution in [2.75, 3.05) is 33.9 Å². The fourth-order valence-electron chi connectivity index (χ4n) is 2.87. The van der Waals surface area contributed by atoms with Crippen LogP contribution < -0.4 is 14.8 Å². The first-order valence-electron chi connectivity index (χ1n) is 8.56. The topological polar surface area (TPSA) is 50.8 Å². The number of rotatable bonds is 7. The Balaban J connectivity index is 2.17. The summed E-state index contributed by atoms with van der Waals surface area (Å²) in [5, 5.41) is 3.72. The molecule has 1 fully saturated rings. The molecule has 1 N–H and O–H groups in total. The van der Waals surface area contributed by atoms with E-state index in [1.165, 1.54) is 0 Å². The predicted molar refractivity (Wildman–Crippen MR) is 96.4 cm³/mol. The third kappa shape index (κ3) is 4.54. The number of piperidine rings is 1. The minimum Gasteiger partial charge on any atom is -0.493 e. The molecule has 0 radical (unpaired) electrons. The summed E-state index contributed by atoms with van der Waals surface area (Å²) in [6, 6.07) is 3.64. The van der Waals surface area contributed by atoms with E-state index in [0.29, 0.717) is 28.7 Å². The molecular formula is C18H27ClN2O3. The molecule has 0 atom stereocenters. The Labute approximate surface area is 149 Å². The van der Waals surface area contributed by atoms with Gasteiger partial charge in [0.1, 0.15) is 0 Å². The molecular weight excluding hydrogens is 328 g/mol. The van der Waals surface area contributed by atoms with Crippen LogP contribution in [0.25, 0.3) is 0 Å². The molecule has 2 rings (SSSR count). The number of nitrogens with zero attached hydrogens (tertiary/aromatic N) is 1. The van der Waals surface area contributed by atoms with Crippen LogP contribution in [0.1, 0.15) is 43.0 Å². The quantitative estimate of drug-likeness (QED) is 0.763. The van der Waals surface area contributed by atoms with Crippen molar-refractivity contribution < 1.29 is 14.3 Å². The lowest BCUT2D eigenvalue weighted by Gasteiger charge is -2.31. The number of halogens is 1. The number of nitrogens with one attached hydrogen (secondary N) is 1. The van der Waals surface area contributed by atoms with Gasteiger partial charge in [0.15, 0.2) is 11.5 Å². The average molecular weight is 355 g/mol. The molecule has 6 heteroatoms. The SMILES string of the molecule is CCCCOc1c(Cl)cc(C(=O)N(C)C2CCNCC2)cc1OC. The number of hydrogen-bond donors (Lipinski definition) is 1. The van der Waals surface area contributed by atoms with Crippen molar-refractivity contribution in [3.05, 3.63) is 22.7 Å². The number of benzene rings is 1. The van der Waals surface area contributed by atoms with Crippen LogP contribution in [-0.4, -0.2) is 50.7 Å². The van der Waals surface area contributed by atoms with Gasteiger partial charge in [-0.2, -0.15) is 0 Å². The minimum atomic E-state index is -0.0396. The Bertz CT molecular complexity index is 559. The molecule has 1 aliphatic heterocycles. The van der Waals surface area contributed by atoms with E-state index in [9.17, 15) is 4.79 Å². The molecule has 1 amide bonds. The summed E-state index contributed by atoms with van der Waals surface area (Å²) in [5.74, 6) is 0.969. The predicted octanol–water partition coefficient (Wildman–Crippen LogP) is 3.35. The number of methoxy groups -OCH3 is 1. The maximum Gasteiger partial charge on any atom is 0.254 e. The van der Waals surface area contributed by atoms with E-state index in [1.54, 1.807) is 19.2 Å². The van der Waals surface area contributed by atoms with Gasteiger partial charge in [0.05, 0.1) is 18.7 Å². The van der Waals surface area contributed by atoms with Gasteiger partial charge in [-0.25, -0.2) is 0 Å². The molecule has 1 saturated heterocycles. The van der Waals surface area contributed by atoms with Gasteiger partial charge in [0.2, 0.25) is 0 Å². The molecule has 0 bridgehead atoms. The molecule has 0 saturated carbocycles. The van der Waals surface area contributed by atoms with Gasteiger partial charge in [-0.15, -0.1) is 0 Å². The highest BCUT2D eigenvalue weighted by Gasteiger charge is 2.24. The fourth-order valence-corrected chi connectivity index (χ4v) is 3.13. The second-order valence-electron chi connectivity index (χ2n) is 6.09. The Morgan fingerprint density at radius 2 is 2.08 bits per heavy atom. The number of carbonyl (C=O) groups excluding carboxylic acids is 1. The van der Waals surface area contributed by atoms with Crippen molar-refractivity contribution in [3.8, 4) is 11.5 Å². The molecule has 1 heterocycles. The molecule has 1 aromatic carbocycles. The van der Waals surface area contributed by atoms with Gasteiger partial charge in [-0.3, -0.25) is 4.79 Å². The van der Waals surface area contributed by atoms with Gasteiger partial charge in [0, 0.05) is 18.7 Å². The molecule has 24 heavy (non-hydrogen) atoms. The number of ether oxygens (including phenoxy) is 2. The van der Waals surface area contributed by atoms with Crippen LogP contribution in [0.4, 0.5) is 0 Å². The van der Waals surface area contributed by atoms with E-state index in [4.69, 9.17) is 21.1 Å². The summed E-state index contributed by atoms with van der Waals surface area (Å²) >= 11 is 6.34. The molecule has 0 spiro atoms. The average Bonchev–Trinajstić information content (AvgIpc) is 2.62. The van der Waals surface area contributed by atoms with Crippen molar-refractivity contribution in [3.63, 3.8) is 0 Å². The van der Waals surface area contributed by atoms with Gasteiger partial charge < -0.3 is 19.7 Å². The van der Waals surface area contributed by atoms with Crippen LogP contribution in [0.3, 0.4) is 0 Å². The summed E-state index contributed by atoms with van der Waals surface area (Å²) < 4.78 is 11.1. The fraction of sp³-hybridized carbons (Fsp3) is 0.611. The maximum absolute atomic E-state index is 12.8. The van der Waals surface area contributed by atoms with E-state index in [-0.39, 0.29) is 11.9 Å². The molecule has 1 aromatic rings. The second kappa shape index (κ2) is 9.14. The number of unbranched alkanes of at least 4 members (excludes halogenated alkanes) is 1. The van der Waals surface area contributed by atoms with Crippen LogP contribution in [0.2, 0.25) is 5.02 Å². The van der Waals surface area contributed by atoms with Crippen molar-refractivity contribution in [2.45, 2.75) is 38.6 Å². The lowest BCUT2D eigenvalue weighted by atomic mass is 10.0. The van der Waals surface area contributed by atoms with Gasteiger partial charge in [-0.1, -0.05) is 24.9 Å². The zero-order chi connectivity index (χ0) is 17.5. The maximum atomic E-state index is 12.8. The lowest BCUT2D eigenvalue weighted by Crippen LogP contribution is -2.43. The highest BCUT2D eigenvalue weighted by Crippen LogP contribution is 2.37. The van der Waals surface area contributed by atoms with Crippen molar-refractivity contribution in [1.29, 1.82) is 0 Å². The van der Waals surface area contributed by atoms with Crippen LogP contribution >= 0.6 is 11.6 Å². The molecule has 5 nitrogen and oxygen atoms in total. The normalized spacial score (nSPS) is 15.2. The zero-order valence-electron chi connectivity index (χ0n) is 14.7. The van der Waals surface area contributed by atoms with Crippen LogP contribution in [0, 0.1) is 0 Å². The molecule has 1 aliphatic rings. The van der Waals surface area contributed by atoms with E-state index in [0.717, 1.165) is 38.8 Å². The summed E-state index contributed by atoms with van der Waals surface area (Å²) in [4.78, 5) is 14.6. The third-order valence-electron chi connectivity index (χ3n) is 4.40. The molecule has 0 aromatic heterocycles. The Kier molecular flexibility index (Phi) is 7.18. The van der Waals surface area contributed by atoms with Crippen molar-refractivity contribution >= 4 is 17.5 Å². The summed E-state index contributed by atoms with van der Waals surface area (Å²) in [6.07, 6.45) is 3.91. The van der Waals surface area contributed by atoms with E-state index < -0.39 is 0 Å². The molecule has 0 unspecified atom stereocenters. The number of hydrogen-bond acceptors (Lipinski definition) is 4. The van der Waals surface area contributed by atoms with Crippen LogP contribution in [0.5, 0.6) is 11.5 Å². The number of carbonyl (C=O) groups is 1. The first-order chi connectivity index (χ1) is 11.6. The number of amides is 1. The van der Waals surface area contributed by atoms with Crippen molar-refractivity contribution in [2.24, 2.45) is 0 Å². The summed E-state index contributed by atoms with van der Waals surface area (Å²) in [7, 11) is 3.41. The summed E-state index contributed by atoms with van der Waals surface area (Å²) in [6.45, 7) is 4.56. The van der Waals surface area contributed by atoms with Gasteiger partial charge in [0.25, 0.3) is 5.91 Å². The Morgan fingerprint density at radius 1 is 1.38 bits per heavy atom. The first kappa shape index (κ1) is 18.9. The largest absolute Gasteiger partial charge is 0.493 e. The van der Waals surface area contributed by atoms with E-state index in [1.807, 2.05) is 11.9 Å². The highest BCUT2D eigenvalue weighted by molar-refractivity contribution is 6.32. The summed E-state index contributed by atoms with van der Waals surface area (Å²) in [5.41, 5.74) is 0.528. The van der Waals surface area contributed by atoms with E-state index in [2.05, 4.69) is 12.2 Å². The Morgan fingerprint density at radius 3 is 2.71 bits per heavy atom. The van der Waals surface area contributed by atoms with Gasteiger partial charge in [-0.05, 0) is 44.5 Å². The minimum absolute atomic E-state index is 0.0396. The highest BCUT2D eigenvalue weighted by atomic mass is 35.5. The first-order valence-corrected chi connectivity index (χ1v) is 8.94. The standard InChI is InChI=1S/C18H27ClN2O3/c1-4-5-10-24-17-15(19)11-13(12-16(17)23-3)18(22)21(2)14-6-8-20-9-7-14/h11-12,14,20H,4-10H2,1-3H3. The Hall–Kier alpha value is -1.46. The zero-order valence-corrected chi connectivity index (χ0v) is 15.5. The van der Waals surface area contributed by atoms with E-state index >= 15 is 0 Å². The molecule has 134 valence electrons. The lowest BCUT2D eigenvalue weighted by molar-refractivity contribution is 0.0703.